The minimum absolute atomic E-state index is 0.0347. The molecule has 2 nitrogen and oxygen atoms in total. The molecule has 0 heterocycles. The Hall–Kier alpha value is -1.57. The Morgan fingerprint density at radius 2 is 2.23 bits per heavy atom. The first kappa shape index (κ1) is 9.52. The van der Waals surface area contributed by atoms with Gasteiger partial charge in [-0.25, -0.2) is 0 Å². The molecule has 0 aromatic heterocycles. The molecule has 0 unspecified atom stereocenters. The number of ether oxygens (including phenoxy) is 1. The van der Waals surface area contributed by atoms with Crippen LogP contribution in [0.3, 0.4) is 0 Å². The third-order valence-corrected chi connectivity index (χ3v) is 1.74. The normalized spacial score (nSPS) is 9.31. The van der Waals surface area contributed by atoms with Crippen molar-refractivity contribution in [2.24, 2.45) is 0 Å². The maximum absolute atomic E-state index is 11.5. The van der Waals surface area contributed by atoms with Crippen molar-refractivity contribution in [1.82, 2.24) is 0 Å². The summed E-state index contributed by atoms with van der Waals surface area (Å²) in [5.74, 6) is 0.654. The standard InChI is InChI=1S/C11H12O2/c1-3-6-10(12)9-7-4-5-8-11(9)13-2/h3-5,7-8H,1,6H2,2H3. The molecule has 13 heavy (non-hydrogen) atoms. The smallest absolute Gasteiger partial charge is 0.170 e. The van der Waals surface area contributed by atoms with Crippen molar-refractivity contribution in [3.8, 4) is 5.75 Å². The molecule has 68 valence electrons. The predicted molar refractivity (Wildman–Crippen MR) is 52.1 cm³/mol. The van der Waals surface area contributed by atoms with Crippen LogP contribution in [0.1, 0.15) is 16.8 Å². The van der Waals surface area contributed by atoms with E-state index >= 15 is 0 Å². The first-order valence-corrected chi connectivity index (χ1v) is 4.06. The lowest BCUT2D eigenvalue weighted by atomic mass is 10.1. The maximum Gasteiger partial charge on any atom is 0.170 e. The van der Waals surface area contributed by atoms with Crippen molar-refractivity contribution in [2.45, 2.75) is 6.42 Å². The van der Waals surface area contributed by atoms with Gasteiger partial charge in [0.25, 0.3) is 0 Å². The quantitative estimate of drug-likeness (QED) is 0.520. The van der Waals surface area contributed by atoms with Gasteiger partial charge in [-0.05, 0) is 12.1 Å². The fourth-order valence-corrected chi connectivity index (χ4v) is 1.12. The minimum Gasteiger partial charge on any atom is -0.496 e. The molecule has 0 saturated heterocycles. The molecule has 0 bridgehead atoms. The Balaban J connectivity index is 2.98. The number of Topliss-reactive ketones (excluding diaryl/α,β-unsaturated/α-hetero) is 1. The van der Waals surface area contributed by atoms with Gasteiger partial charge in [-0.1, -0.05) is 18.2 Å². The van der Waals surface area contributed by atoms with Crippen molar-refractivity contribution in [1.29, 1.82) is 0 Å². The highest BCUT2D eigenvalue weighted by Gasteiger charge is 2.08. The average molecular weight is 176 g/mol. The summed E-state index contributed by atoms with van der Waals surface area (Å²) in [6.07, 6.45) is 1.94. The summed E-state index contributed by atoms with van der Waals surface area (Å²) in [6, 6.07) is 7.18. The molecule has 0 aliphatic rings. The Morgan fingerprint density at radius 3 is 2.85 bits per heavy atom. The summed E-state index contributed by atoms with van der Waals surface area (Å²) < 4.78 is 5.06. The van der Waals surface area contributed by atoms with Crippen LogP contribution in [0.4, 0.5) is 0 Å². The van der Waals surface area contributed by atoms with Gasteiger partial charge in [-0.2, -0.15) is 0 Å². The Labute approximate surface area is 77.8 Å². The predicted octanol–water partition coefficient (Wildman–Crippen LogP) is 2.45. The second-order valence-electron chi connectivity index (χ2n) is 2.62. The van der Waals surface area contributed by atoms with Gasteiger partial charge in [-0.15, -0.1) is 6.58 Å². The van der Waals surface area contributed by atoms with Gasteiger partial charge < -0.3 is 4.74 Å². The molecular weight excluding hydrogens is 164 g/mol. The number of benzene rings is 1. The summed E-state index contributed by atoms with van der Waals surface area (Å²) >= 11 is 0. The maximum atomic E-state index is 11.5. The van der Waals surface area contributed by atoms with E-state index in [-0.39, 0.29) is 5.78 Å². The van der Waals surface area contributed by atoms with Gasteiger partial charge >= 0.3 is 0 Å². The van der Waals surface area contributed by atoms with Crippen LogP contribution in [0.15, 0.2) is 36.9 Å². The molecule has 0 amide bonds. The van der Waals surface area contributed by atoms with E-state index in [2.05, 4.69) is 6.58 Å². The largest absolute Gasteiger partial charge is 0.496 e. The number of rotatable bonds is 4. The van der Waals surface area contributed by atoms with E-state index in [1.54, 1.807) is 25.3 Å². The lowest BCUT2D eigenvalue weighted by Gasteiger charge is -2.04. The summed E-state index contributed by atoms with van der Waals surface area (Å²) in [5, 5.41) is 0. The highest BCUT2D eigenvalue weighted by Crippen LogP contribution is 2.18. The molecule has 0 radical (unpaired) electrons. The van der Waals surface area contributed by atoms with Gasteiger partial charge in [0.2, 0.25) is 0 Å². The second kappa shape index (κ2) is 4.45. The van der Waals surface area contributed by atoms with Crippen LogP contribution in [0, 0.1) is 0 Å². The monoisotopic (exact) mass is 176 g/mol. The summed E-state index contributed by atoms with van der Waals surface area (Å²) in [4.78, 5) is 11.5. The number of hydrogen-bond donors (Lipinski definition) is 0. The molecule has 1 rings (SSSR count). The lowest BCUT2D eigenvalue weighted by Crippen LogP contribution is -2.00. The van der Waals surface area contributed by atoms with Crippen LogP contribution in [-0.4, -0.2) is 12.9 Å². The molecule has 0 aliphatic heterocycles. The molecule has 1 aromatic carbocycles. The average Bonchev–Trinajstić information content (AvgIpc) is 2.18. The van der Waals surface area contributed by atoms with E-state index in [0.29, 0.717) is 17.7 Å². The molecule has 0 fully saturated rings. The van der Waals surface area contributed by atoms with Crippen molar-refractivity contribution < 1.29 is 9.53 Å². The van der Waals surface area contributed by atoms with Crippen molar-refractivity contribution in [3.63, 3.8) is 0 Å². The van der Waals surface area contributed by atoms with E-state index in [1.165, 1.54) is 0 Å². The van der Waals surface area contributed by atoms with Crippen LogP contribution in [-0.2, 0) is 0 Å². The van der Waals surface area contributed by atoms with E-state index in [4.69, 9.17) is 4.74 Å². The van der Waals surface area contributed by atoms with Gasteiger partial charge in [0, 0.05) is 6.42 Å². The van der Waals surface area contributed by atoms with Crippen LogP contribution in [0.2, 0.25) is 0 Å². The number of ketones is 1. The molecule has 0 aliphatic carbocycles. The van der Waals surface area contributed by atoms with Gasteiger partial charge in [0.05, 0.1) is 12.7 Å². The molecular formula is C11H12O2. The van der Waals surface area contributed by atoms with Crippen molar-refractivity contribution in [3.05, 3.63) is 42.5 Å². The lowest BCUT2D eigenvalue weighted by molar-refractivity contribution is 0.0993. The van der Waals surface area contributed by atoms with E-state index in [0.717, 1.165) is 0 Å². The molecule has 0 saturated carbocycles. The summed E-state index contributed by atoms with van der Waals surface area (Å²) in [6.45, 7) is 3.52. The minimum atomic E-state index is 0.0347. The highest BCUT2D eigenvalue weighted by molar-refractivity contribution is 5.99. The Kier molecular flexibility index (Phi) is 3.26. The van der Waals surface area contributed by atoms with Gasteiger partial charge in [0.1, 0.15) is 5.75 Å². The van der Waals surface area contributed by atoms with Gasteiger partial charge in [0.15, 0.2) is 5.78 Å². The molecule has 1 aromatic rings. The third-order valence-electron chi connectivity index (χ3n) is 1.74. The zero-order chi connectivity index (χ0) is 9.68. The van der Waals surface area contributed by atoms with Crippen LogP contribution in [0.25, 0.3) is 0 Å². The van der Waals surface area contributed by atoms with Crippen LogP contribution in [0.5, 0.6) is 5.75 Å². The fraction of sp³-hybridized carbons (Fsp3) is 0.182. The van der Waals surface area contributed by atoms with Crippen LogP contribution < -0.4 is 4.74 Å². The summed E-state index contributed by atoms with van der Waals surface area (Å²) in [7, 11) is 1.56. The SMILES string of the molecule is C=CCC(=O)c1ccccc1OC. The number of methoxy groups -OCH3 is 1. The zero-order valence-corrected chi connectivity index (χ0v) is 7.62. The summed E-state index contributed by atoms with van der Waals surface area (Å²) in [5.41, 5.74) is 0.616. The molecule has 0 N–H and O–H groups in total. The fourth-order valence-electron chi connectivity index (χ4n) is 1.12. The van der Waals surface area contributed by atoms with Crippen molar-refractivity contribution >= 4 is 5.78 Å². The molecule has 0 spiro atoms. The Bertz CT molecular complexity index is 316. The number of para-hydroxylation sites is 1. The van der Waals surface area contributed by atoms with E-state index in [9.17, 15) is 4.79 Å². The number of carbonyl (C=O) groups is 1. The third kappa shape index (κ3) is 2.18. The first-order chi connectivity index (χ1) is 6.29. The number of hydrogen-bond acceptors (Lipinski definition) is 2. The van der Waals surface area contributed by atoms with E-state index in [1.807, 2.05) is 12.1 Å². The topological polar surface area (TPSA) is 26.3 Å². The van der Waals surface area contributed by atoms with Crippen LogP contribution >= 0.6 is 0 Å². The first-order valence-electron chi connectivity index (χ1n) is 4.06. The Morgan fingerprint density at radius 1 is 1.54 bits per heavy atom. The number of allylic oxidation sites excluding steroid dienone is 1. The van der Waals surface area contributed by atoms with Crippen molar-refractivity contribution in [2.75, 3.05) is 7.11 Å². The van der Waals surface area contributed by atoms with Gasteiger partial charge in [-0.3, -0.25) is 4.79 Å². The molecule has 2 heteroatoms. The van der Waals surface area contributed by atoms with E-state index < -0.39 is 0 Å². The zero-order valence-electron chi connectivity index (χ0n) is 7.62. The second-order valence-corrected chi connectivity index (χ2v) is 2.62. The highest BCUT2D eigenvalue weighted by atomic mass is 16.5. The molecule has 0 atom stereocenters. The number of carbonyl (C=O) groups excluding carboxylic acids is 1.